The van der Waals surface area contributed by atoms with Gasteiger partial charge >= 0.3 is 0 Å². The van der Waals surface area contributed by atoms with Crippen molar-refractivity contribution >= 4 is 21.8 Å². The van der Waals surface area contributed by atoms with E-state index in [1.807, 2.05) is 60.7 Å². The van der Waals surface area contributed by atoms with E-state index in [2.05, 4.69) is 121 Å². The highest BCUT2D eigenvalue weighted by molar-refractivity contribution is 6.09. The van der Waals surface area contributed by atoms with Gasteiger partial charge in [-0.15, -0.1) is 0 Å². The maximum absolute atomic E-state index is 5.28. The summed E-state index contributed by atoms with van der Waals surface area (Å²) in [7, 11) is 0. The summed E-state index contributed by atoms with van der Waals surface area (Å²) in [5.41, 5.74) is 12.7. The Kier molecular flexibility index (Phi) is 7.45. The van der Waals surface area contributed by atoms with Crippen molar-refractivity contribution < 1.29 is 0 Å². The summed E-state index contributed by atoms with van der Waals surface area (Å²) in [5.74, 6) is 0.694. The van der Waals surface area contributed by atoms with Crippen LogP contribution in [0.25, 0.3) is 89.4 Å². The lowest BCUT2D eigenvalue weighted by atomic mass is 9.95. The monoisotopic (exact) mass is 638 g/mol. The molecule has 0 bridgehead atoms. The molecule has 0 atom stereocenters. The van der Waals surface area contributed by atoms with Crippen molar-refractivity contribution in [3.05, 3.63) is 182 Å². The Hall–Kier alpha value is -6.78. The summed E-state index contributed by atoms with van der Waals surface area (Å²) in [6.07, 6.45) is 0. The average Bonchev–Trinajstić information content (AvgIpc) is 3.21. The van der Waals surface area contributed by atoms with Crippen LogP contribution in [0.2, 0.25) is 0 Å². The van der Waals surface area contributed by atoms with Crippen LogP contribution in [0.15, 0.2) is 182 Å². The van der Waals surface area contributed by atoms with Gasteiger partial charge < -0.3 is 0 Å². The summed E-state index contributed by atoms with van der Waals surface area (Å²) in [4.78, 5) is 20.6. The zero-order valence-corrected chi connectivity index (χ0v) is 27.1. The third kappa shape index (κ3) is 5.59. The molecule has 0 saturated heterocycles. The van der Waals surface area contributed by atoms with Crippen LogP contribution in [0, 0.1) is 0 Å². The summed E-state index contributed by atoms with van der Waals surface area (Å²) in [5, 5.41) is 2.10. The van der Waals surface area contributed by atoms with Crippen LogP contribution >= 0.6 is 0 Å². The summed E-state index contributed by atoms with van der Waals surface area (Å²) in [6, 6.07) is 62.6. The van der Waals surface area contributed by atoms with E-state index in [9.17, 15) is 0 Å². The highest BCUT2D eigenvalue weighted by Crippen LogP contribution is 2.37. The number of rotatable bonds is 6. The quantitative estimate of drug-likeness (QED) is 0.170. The van der Waals surface area contributed by atoms with Crippen molar-refractivity contribution in [3.8, 4) is 67.5 Å². The molecule has 0 aliphatic rings. The molecule has 9 rings (SSSR count). The molecule has 0 N–H and O–H groups in total. The van der Waals surface area contributed by atoms with Crippen LogP contribution < -0.4 is 0 Å². The van der Waals surface area contributed by atoms with Gasteiger partial charge in [-0.2, -0.15) is 0 Å². The molecule has 6 aromatic carbocycles. The predicted molar refractivity (Wildman–Crippen MR) is 205 cm³/mol. The molecule has 0 aliphatic heterocycles. The van der Waals surface area contributed by atoms with E-state index in [1.165, 1.54) is 0 Å². The fourth-order valence-corrected chi connectivity index (χ4v) is 6.55. The van der Waals surface area contributed by atoms with E-state index < -0.39 is 0 Å². The first-order chi connectivity index (χ1) is 24.8. The van der Waals surface area contributed by atoms with Gasteiger partial charge in [0.2, 0.25) is 0 Å². The molecule has 0 fully saturated rings. The molecule has 0 spiro atoms. The van der Waals surface area contributed by atoms with Gasteiger partial charge in [-0.1, -0.05) is 158 Å². The van der Waals surface area contributed by atoms with E-state index >= 15 is 0 Å². The lowest BCUT2D eigenvalue weighted by molar-refractivity contribution is 1.18. The number of hydrogen-bond acceptors (Lipinski definition) is 4. The molecule has 0 aliphatic carbocycles. The molecule has 50 heavy (non-hydrogen) atoms. The lowest BCUT2D eigenvalue weighted by Crippen LogP contribution is -1.96. The molecule has 3 aromatic heterocycles. The standard InChI is InChI=1S/C46H30N4/c1-5-14-31(15-6-1)40-27-25-34-24-26-38-39(29-41(32-16-7-2-8-17-32)48-45(38)44(34)47-40)36-22-13-23-37(28-36)43-30-42(33-18-9-3-10-19-33)49-46(50-43)35-20-11-4-12-21-35/h1-30H. The van der Waals surface area contributed by atoms with E-state index in [1.54, 1.807) is 0 Å². The lowest BCUT2D eigenvalue weighted by Gasteiger charge is -2.14. The molecule has 234 valence electrons. The highest BCUT2D eigenvalue weighted by atomic mass is 14.9. The second-order valence-electron chi connectivity index (χ2n) is 12.3. The first-order valence-electron chi connectivity index (χ1n) is 16.7. The fourth-order valence-electron chi connectivity index (χ4n) is 6.55. The summed E-state index contributed by atoms with van der Waals surface area (Å²) < 4.78 is 0. The smallest absolute Gasteiger partial charge is 0.160 e. The SMILES string of the molecule is c1ccc(-c2cc(-c3cccc(-c4cc(-c5ccccc5)nc5c4ccc4ccc(-c6ccccc6)nc45)c3)nc(-c3ccccc3)n2)cc1. The van der Waals surface area contributed by atoms with Gasteiger partial charge in [0.1, 0.15) is 0 Å². The van der Waals surface area contributed by atoms with Crippen molar-refractivity contribution in [2.45, 2.75) is 0 Å². The number of fused-ring (bicyclic) bond motifs is 3. The number of aromatic nitrogens is 4. The average molecular weight is 639 g/mol. The van der Waals surface area contributed by atoms with Gasteiger partial charge in [-0.25, -0.2) is 19.9 Å². The minimum atomic E-state index is 0.694. The van der Waals surface area contributed by atoms with Gasteiger partial charge in [0, 0.05) is 38.6 Å². The molecule has 9 aromatic rings. The van der Waals surface area contributed by atoms with Crippen molar-refractivity contribution in [3.63, 3.8) is 0 Å². The normalized spacial score (nSPS) is 11.2. The van der Waals surface area contributed by atoms with Crippen LogP contribution in [-0.2, 0) is 0 Å². The molecule has 4 heteroatoms. The van der Waals surface area contributed by atoms with Crippen LogP contribution in [-0.4, -0.2) is 19.9 Å². The van der Waals surface area contributed by atoms with Crippen LogP contribution in [0.3, 0.4) is 0 Å². The fraction of sp³-hybridized carbons (Fsp3) is 0. The van der Waals surface area contributed by atoms with Gasteiger partial charge in [-0.05, 0) is 35.4 Å². The van der Waals surface area contributed by atoms with Crippen molar-refractivity contribution in [2.24, 2.45) is 0 Å². The maximum Gasteiger partial charge on any atom is 0.160 e. The Balaban J connectivity index is 1.25. The zero-order chi connectivity index (χ0) is 33.3. The Morgan fingerprint density at radius 2 is 0.760 bits per heavy atom. The maximum atomic E-state index is 5.28. The molecule has 0 amide bonds. The van der Waals surface area contributed by atoms with E-state index in [4.69, 9.17) is 19.9 Å². The topological polar surface area (TPSA) is 51.6 Å². The van der Waals surface area contributed by atoms with Gasteiger partial charge in [-0.3, -0.25) is 0 Å². The number of hydrogen-bond donors (Lipinski definition) is 0. The molecule has 4 nitrogen and oxygen atoms in total. The highest BCUT2D eigenvalue weighted by Gasteiger charge is 2.16. The Morgan fingerprint density at radius 3 is 1.40 bits per heavy atom. The Morgan fingerprint density at radius 1 is 0.280 bits per heavy atom. The van der Waals surface area contributed by atoms with Crippen molar-refractivity contribution in [2.75, 3.05) is 0 Å². The van der Waals surface area contributed by atoms with Crippen LogP contribution in [0.5, 0.6) is 0 Å². The van der Waals surface area contributed by atoms with Gasteiger partial charge in [0.05, 0.1) is 33.8 Å². The molecule has 0 radical (unpaired) electrons. The Bertz CT molecular complexity index is 2560. The van der Waals surface area contributed by atoms with Crippen molar-refractivity contribution in [1.82, 2.24) is 19.9 Å². The molecule has 3 heterocycles. The third-order valence-corrected chi connectivity index (χ3v) is 9.08. The second kappa shape index (κ2) is 12.7. The molecular weight excluding hydrogens is 609 g/mol. The predicted octanol–water partition coefficient (Wildman–Crippen LogP) is 11.6. The second-order valence-corrected chi connectivity index (χ2v) is 12.3. The minimum Gasteiger partial charge on any atom is -0.245 e. The van der Waals surface area contributed by atoms with Gasteiger partial charge in [0.25, 0.3) is 0 Å². The molecule has 0 saturated carbocycles. The summed E-state index contributed by atoms with van der Waals surface area (Å²) >= 11 is 0. The van der Waals surface area contributed by atoms with Crippen LogP contribution in [0.1, 0.15) is 0 Å². The molecular formula is C46H30N4. The largest absolute Gasteiger partial charge is 0.245 e. The van der Waals surface area contributed by atoms with Crippen LogP contribution in [0.4, 0.5) is 0 Å². The minimum absolute atomic E-state index is 0.694. The van der Waals surface area contributed by atoms with E-state index in [0.717, 1.165) is 83.5 Å². The molecule has 0 unspecified atom stereocenters. The van der Waals surface area contributed by atoms with E-state index in [-0.39, 0.29) is 0 Å². The van der Waals surface area contributed by atoms with Gasteiger partial charge in [0.15, 0.2) is 5.82 Å². The first-order valence-corrected chi connectivity index (χ1v) is 16.7. The van der Waals surface area contributed by atoms with Crippen molar-refractivity contribution in [1.29, 1.82) is 0 Å². The van der Waals surface area contributed by atoms with E-state index in [0.29, 0.717) is 5.82 Å². The number of nitrogens with zero attached hydrogens (tertiary/aromatic N) is 4. The summed E-state index contributed by atoms with van der Waals surface area (Å²) in [6.45, 7) is 0. The first kappa shape index (κ1) is 29.4. The number of benzene rings is 6. The number of pyridine rings is 2. The Labute approximate surface area is 290 Å². The zero-order valence-electron chi connectivity index (χ0n) is 27.1. The third-order valence-electron chi connectivity index (χ3n) is 9.08.